The number of rotatable bonds is 5. The van der Waals surface area contributed by atoms with E-state index in [0.717, 1.165) is 6.42 Å². The van der Waals surface area contributed by atoms with Gasteiger partial charge in [-0.2, -0.15) is 0 Å². The van der Waals surface area contributed by atoms with E-state index in [4.69, 9.17) is 0 Å². The second kappa shape index (κ2) is 12.0. The monoisotopic (exact) mass is 665 g/mol. The topological polar surface area (TPSA) is 3.24 Å². The summed E-state index contributed by atoms with van der Waals surface area (Å²) in [6.45, 7) is 4.71. The van der Waals surface area contributed by atoms with Gasteiger partial charge in [0.1, 0.15) is 0 Å². The zero-order valence-corrected chi connectivity index (χ0v) is 29.6. The van der Waals surface area contributed by atoms with Crippen LogP contribution in [0.2, 0.25) is 0 Å². The lowest BCUT2D eigenvalue weighted by atomic mass is 9.70. The molecule has 0 amide bonds. The van der Waals surface area contributed by atoms with Crippen molar-refractivity contribution in [2.24, 2.45) is 5.92 Å². The Hall–Kier alpha value is -6.18. The molecule has 3 aliphatic carbocycles. The molecule has 1 spiro atoms. The summed E-state index contributed by atoms with van der Waals surface area (Å²) in [5, 5.41) is 0. The van der Waals surface area contributed by atoms with Gasteiger partial charge in [-0.1, -0.05) is 171 Å². The molecule has 0 aliphatic heterocycles. The lowest BCUT2D eigenvalue weighted by Crippen LogP contribution is -2.27. The quantitative estimate of drug-likeness (QED) is 0.177. The van der Waals surface area contributed by atoms with Gasteiger partial charge in [0.2, 0.25) is 0 Å². The van der Waals surface area contributed by atoms with Crippen LogP contribution >= 0.6 is 0 Å². The molecule has 7 aromatic rings. The average Bonchev–Trinajstić information content (AvgIpc) is 3.68. The molecule has 1 unspecified atom stereocenters. The molecule has 248 valence electrons. The first-order chi connectivity index (χ1) is 25.6. The van der Waals surface area contributed by atoms with Crippen LogP contribution in [0.5, 0.6) is 0 Å². The molecule has 7 aromatic carbocycles. The third-order valence-corrected chi connectivity index (χ3v) is 11.6. The van der Waals surface area contributed by atoms with E-state index in [-0.39, 0.29) is 5.41 Å². The van der Waals surface area contributed by atoms with Crippen LogP contribution in [0.3, 0.4) is 0 Å². The van der Waals surface area contributed by atoms with Crippen molar-refractivity contribution in [2.45, 2.75) is 25.7 Å². The minimum Gasteiger partial charge on any atom is -0.313 e. The number of nitrogens with zero attached hydrogens (tertiary/aromatic N) is 1. The van der Waals surface area contributed by atoms with Crippen LogP contribution < -0.4 is 4.90 Å². The molecule has 0 aromatic heterocycles. The maximum absolute atomic E-state index is 2.59. The molecule has 52 heavy (non-hydrogen) atoms. The summed E-state index contributed by atoms with van der Waals surface area (Å²) in [4.78, 5) is 2.59. The van der Waals surface area contributed by atoms with Crippen molar-refractivity contribution in [1.82, 2.24) is 0 Å². The van der Waals surface area contributed by atoms with Crippen molar-refractivity contribution < 1.29 is 0 Å². The van der Waals surface area contributed by atoms with Crippen molar-refractivity contribution >= 4 is 16.9 Å². The largest absolute Gasteiger partial charge is 0.313 e. The van der Waals surface area contributed by atoms with Crippen molar-refractivity contribution in [3.05, 3.63) is 221 Å². The SMILES string of the molecule is CC1=C(N(c2ccc(-c3ccccc3)cc2)c2cccc3c2-c2ccccc2C32c3ccccc3-c3ccccc32)C(C)CC(c2ccccc2)=C1. The summed E-state index contributed by atoms with van der Waals surface area (Å²) in [5.41, 5.74) is 20.6. The Morgan fingerprint density at radius 1 is 0.481 bits per heavy atom. The summed E-state index contributed by atoms with van der Waals surface area (Å²) in [6, 6.07) is 65.2. The van der Waals surface area contributed by atoms with E-state index >= 15 is 0 Å². The molecule has 0 fully saturated rings. The normalized spacial score (nSPS) is 16.2. The predicted octanol–water partition coefficient (Wildman–Crippen LogP) is 13.2. The number of anilines is 2. The van der Waals surface area contributed by atoms with Gasteiger partial charge in [0, 0.05) is 22.9 Å². The van der Waals surface area contributed by atoms with Crippen molar-refractivity contribution in [3.63, 3.8) is 0 Å². The first-order valence-electron chi connectivity index (χ1n) is 18.5. The van der Waals surface area contributed by atoms with Gasteiger partial charge < -0.3 is 4.90 Å². The number of hydrogen-bond donors (Lipinski definition) is 0. The summed E-state index contributed by atoms with van der Waals surface area (Å²) in [7, 11) is 0. The number of allylic oxidation sites excluding steroid dienone is 4. The molecule has 1 heteroatoms. The van der Waals surface area contributed by atoms with E-state index in [1.807, 2.05) is 0 Å². The molecule has 1 nitrogen and oxygen atoms in total. The van der Waals surface area contributed by atoms with E-state index in [9.17, 15) is 0 Å². The Labute approximate surface area is 306 Å². The minimum absolute atomic E-state index is 0.295. The van der Waals surface area contributed by atoms with Crippen LogP contribution in [0.4, 0.5) is 11.4 Å². The summed E-state index contributed by atoms with van der Waals surface area (Å²) in [6.07, 6.45) is 3.41. The third kappa shape index (κ3) is 4.42. The van der Waals surface area contributed by atoms with Gasteiger partial charge in [-0.05, 0) is 98.3 Å². The molecule has 0 saturated heterocycles. The maximum Gasteiger partial charge on any atom is 0.0726 e. The van der Waals surface area contributed by atoms with Crippen LogP contribution in [0.1, 0.15) is 48.1 Å². The lowest BCUT2D eigenvalue weighted by molar-refractivity contribution is 0.671. The van der Waals surface area contributed by atoms with Crippen LogP contribution in [0, 0.1) is 5.92 Å². The molecule has 0 heterocycles. The van der Waals surface area contributed by atoms with Gasteiger partial charge in [0.05, 0.1) is 11.1 Å². The average molecular weight is 666 g/mol. The molecule has 3 aliphatic rings. The fourth-order valence-electron chi connectivity index (χ4n) is 9.61. The Balaban J connectivity index is 1.24. The van der Waals surface area contributed by atoms with Crippen LogP contribution in [0.15, 0.2) is 193 Å². The fourth-order valence-corrected chi connectivity index (χ4v) is 9.61. The van der Waals surface area contributed by atoms with E-state index in [1.54, 1.807) is 0 Å². The zero-order chi connectivity index (χ0) is 34.8. The van der Waals surface area contributed by atoms with Gasteiger partial charge in [0.15, 0.2) is 0 Å². The highest BCUT2D eigenvalue weighted by Crippen LogP contribution is 2.64. The van der Waals surface area contributed by atoms with Gasteiger partial charge in [-0.15, -0.1) is 0 Å². The lowest BCUT2D eigenvalue weighted by Gasteiger charge is -2.37. The number of benzene rings is 7. The Bertz CT molecular complexity index is 2510. The van der Waals surface area contributed by atoms with Gasteiger partial charge >= 0.3 is 0 Å². The number of hydrogen-bond acceptors (Lipinski definition) is 1. The molecular formula is C51H39N. The van der Waals surface area contributed by atoms with E-state index in [2.05, 4.69) is 201 Å². The van der Waals surface area contributed by atoms with Crippen LogP contribution in [-0.4, -0.2) is 0 Å². The Morgan fingerprint density at radius 2 is 0.981 bits per heavy atom. The minimum atomic E-state index is -0.389. The molecular weight excluding hydrogens is 627 g/mol. The van der Waals surface area contributed by atoms with Crippen LogP contribution in [0.25, 0.3) is 39.0 Å². The molecule has 0 saturated carbocycles. The maximum atomic E-state index is 2.59. The number of fused-ring (bicyclic) bond motifs is 10. The second-order valence-corrected chi connectivity index (χ2v) is 14.5. The summed E-state index contributed by atoms with van der Waals surface area (Å²) < 4.78 is 0. The third-order valence-electron chi connectivity index (χ3n) is 11.6. The van der Waals surface area contributed by atoms with Gasteiger partial charge in [0.25, 0.3) is 0 Å². The Kier molecular flexibility index (Phi) is 7.05. The van der Waals surface area contributed by atoms with Crippen molar-refractivity contribution in [3.8, 4) is 33.4 Å². The zero-order valence-electron chi connectivity index (χ0n) is 29.6. The molecule has 10 rings (SSSR count). The molecule has 0 radical (unpaired) electrons. The summed E-state index contributed by atoms with van der Waals surface area (Å²) >= 11 is 0. The first kappa shape index (κ1) is 30.6. The second-order valence-electron chi connectivity index (χ2n) is 14.5. The van der Waals surface area contributed by atoms with E-state index in [0.29, 0.717) is 5.92 Å². The molecule has 0 N–H and O–H groups in total. The van der Waals surface area contributed by atoms with Crippen molar-refractivity contribution in [1.29, 1.82) is 0 Å². The summed E-state index contributed by atoms with van der Waals surface area (Å²) in [5.74, 6) is 0.295. The highest BCUT2D eigenvalue weighted by atomic mass is 15.2. The van der Waals surface area contributed by atoms with E-state index < -0.39 is 0 Å². The highest BCUT2D eigenvalue weighted by molar-refractivity contribution is 6.00. The van der Waals surface area contributed by atoms with Crippen LogP contribution in [-0.2, 0) is 5.41 Å². The predicted molar refractivity (Wildman–Crippen MR) is 218 cm³/mol. The fraction of sp³-hybridized carbons (Fsp3) is 0.0980. The molecule has 0 bridgehead atoms. The standard InChI is InChI=1S/C51H39N/c1-34-32-39(37-18-7-4-8-19-37)33-35(2)50(34)52(40-30-28-38(29-31-40)36-16-5-3-6-17-36)48-27-15-26-47-49(48)43-22-11-14-25-46(43)51(47)44-23-12-9-20-41(44)42-21-10-13-24-45(42)51/h3-32,35H,33H2,1-2H3. The highest BCUT2D eigenvalue weighted by Gasteiger charge is 2.52. The first-order valence-corrected chi connectivity index (χ1v) is 18.5. The molecule has 1 atom stereocenters. The van der Waals surface area contributed by atoms with Crippen molar-refractivity contribution in [2.75, 3.05) is 4.90 Å². The smallest absolute Gasteiger partial charge is 0.0726 e. The van der Waals surface area contributed by atoms with E-state index in [1.165, 1.54) is 89.4 Å². The Morgan fingerprint density at radius 3 is 1.60 bits per heavy atom. The van der Waals surface area contributed by atoms with Gasteiger partial charge in [-0.3, -0.25) is 0 Å². The van der Waals surface area contributed by atoms with Gasteiger partial charge in [-0.25, -0.2) is 0 Å².